The number of carboxylic acid groups (broad SMARTS) is 1. The Morgan fingerprint density at radius 1 is 0.846 bits per heavy atom. The van der Waals surface area contributed by atoms with Crippen LogP contribution in [-0.4, -0.2) is 39.7 Å². The van der Waals surface area contributed by atoms with Crippen LogP contribution >= 0.6 is 0 Å². The number of carbonyl (C=O) groups is 5. The van der Waals surface area contributed by atoms with Gasteiger partial charge in [-0.1, -0.05) is 42.5 Å². The average Bonchev–Trinajstić information content (AvgIpc) is 3.29. The molecule has 1 atom stereocenters. The summed E-state index contributed by atoms with van der Waals surface area (Å²) < 4.78 is 2.00. The van der Waals surface area contributed by atoms with Crippen LogP contribution in [0.1, 0.15) is 30.1 Å². The van der Waals surface area contributed by atoms with Gasteiger partial charge in [0.05, 0.1) is 22.4 Å². The van der Waals surface area contributed by atoms with Gasteiger partial charge in [-0.15, -0.1) is 0 Å². The third-order valence-corrected chi connectivity index (χ3v) is 6.50. The third kappa shape index (κ3) is 5.23. The summed E-state index contributed by atoms with van der Waals surface area (Å²) >= 11 is 0. The van der Waals surface area contributed by atoms with Gasteiger partial charge in [-0.3, -0.25) is 24.4 Å². The van der Waals surface area contributed by atoms with Crippen molar-refractivity contribution in [3.8, 4) is 0 Å². The maximum absolute atomic E-state index is 12.1. The van der Waals surface area contributed by atoms with Crippen molar-refractivity contribution in [1.29, 1.82) is 0 Å². The number of aromatic carboxylic acids is 1. The molecular formula is C29H25N3O7. The first-order chi connectivity index (χ1) is 18.6. The minimum absolute atomic E-state index is 0.0347. The van der Waals surface area contributed by atoms with Crippen LogP contribution in [0.15, 0.2) is 78.9 Å². The summed E-state index contributed by atoms with van der Waals surface area (Å²) in [5, 5.41) is 23.0. The predicted octanol–water partition coefficient (Wildman–Crippen LogP) is 1.90. The number of hydrogen-bond acceptors (Lipinski definition) is 7. The number of aryl methyl sites for hydroxylation is 1. The molecule has 5 rings (SSSR count). The van der Waals surface area contributed by atoms with Crippen LogP contribution < -0.4 is 14.7 Å². The number of hydroxylamine groups is 1. The number of amides is 4. The highest BCUT2D eigenvalue weighted by molar-refractivity contribution is 6.20. The molecule has 4 amide bonds. The second-order valence-corrected chi connectivity index (χ2v) is 8.92. The standard InChI is InChI=1S/C15H11NO2.C14H14N2O5/c1-16-12-8-4-2-6-10(12)14(15(17)18)11-7-3-5-9-13(11)16;1-9(13(19)15-11(17)7-8-12(15)18)14(20)16(21)10-5-3-2-4-6-10/h2-9H,1H3;2-6,9,21H,7-8H2,1H3. The van der Waals surface area contributed by atoms with Crippen LogP contribution in [0.4, 0.5) is 5.69 Å². The first-order valence-electron chi connectivity index (χ1n) is 12.1. The van der Waals surface area contributed by atoms with Gasteiger partial charge >= 0.3 is 0 Å². The number of para-hydroxylation sites is 3. The summed E-state index contributed by atoms with van der Waals surface area (Å²) in [7, 11) is 1.93. The van der Waals surface area contributed by atoms with Crippen LogP contribution in [0.2, 0.25) is 0 Å². The van der Waals surface area contributed by atoms with E-state index >= 15 is 0 Å². The largest absolute Gasteiger partial charge is 0.545 e. The first kappa shape index (κ1) is 27.1. The van der Waals surface area contributed by atoms with E-state index in [1.807, 2.05) is 60.1 Å². The number of likely N-dealkylation sites (tertiary alicyclic amines) is 1. The molecule has 1 N–H and O–H groups in total. The molecule has 10 nitrogen and oxygen atoms in total. The number of carbonyl (C=O) groups excluding carboxylic acids is 5. The van der Waals surface area contributed by atoms with Crippen LogP contribution in [-0.2, 0) is 26.2 Å². The van der Waals surface area contributed by atoms with Crippen molar-refractivity contribution >= 4 is 57.1 Å². The van der Waals surface area contributed by atoms with E-state index in [1.54, 1.807) is 18.2 Å². The van der Waals surface area contributed by atoms with Crippen LogP contribution in [0.3, 0.4) is 0 Å². The molecule has 1 aliphatic rings. The number of benzene rings is 3. The van der Waals surface area contributed by atoms with Gasteiger partial charge in [-0.25, -0.2) is 4.90 Å². The molecule has 3 aromatic carbocycles. The van der Waals surface area contributed by atoms with Gasteiger partial charge in [0.25, 0.3) is 5.91 Å². The minimum atomic E-state index is -1.33. The van der Waals surface area contributed by atoms with E-state index in [4.69, 9.17) is 0 Å². The molecule has 4 aromatic rings. The molecule has 0 saturated carbocycles. The Morgan fingerprint density at radius 2 is 1.31 bits per heavy atom. The van der Waals surface area contributed by atoms with Crippen LogP contribution in [0.5, 0.6) is 0 Å². The SMILES string of the molecule is CC(C(=O)N1C(=O)CCC1=O)C(=O)N(O)c1ccccc1.C[n+]1c2ccccc2c(C(=O)[O-])c2ccccc21. The van der Waals surface area contributed by atoms with Crippen LogP contribution in [0, 0.1) is 5.92 Å². The highest BCUT2D eigenvalue weighted by Crippen LogP contribution is 2.24. The summed E-state index contributed by atoms with van der Waals surface area (Å²) in [4.78, 5) is 59.0. The molecule has 1 saturated heterocycles. The van der Waals surface area contributed by atoms with Gasteiger partial charge in [-0.2, -0.15) is 9.63 Å². The molecule has 1 unspecified atom stereocenters. The monoisotopic (exact) mass is 527 g/mol. The zero-order valence-electron chi connectivity index (χ0n) is 21.2. The highest BCUT2D eigenvalue weighted by atomic mass is 16.5. The summed E-state index contributed by atoms with van der Waals surface area (Å²) in [6.07, 6.45) is -0.0694. The normalized spacial score (nSPS) is 13.7. The van der Waals surface area contributed by atoms with Gasteiger partial charge < -0.3 is 9.90 Å². The quantitative estimate of drug-likeness (QED) is 0.107. The van der Waals surface area contributed by atoms with Gasteiger partial charge in [0.1, 0.15) is 13.0 Å². The third-order valence-electron chi connectivity index (χ3n) is 6.50. The number of hydrogen-bond donors (Lipinski definition) is 1. The molecule has 39 heavy (non-hydrogen) atoms. The van der Waals surface area contributed by atoms with Crippen LogP contribution in [0.25, 0.3) is 21.8 Å². The first-order valence-corrected chi connectivity index (χ1v) is 12.1. The molecule has 1 aliphatic heterocycles. The predicted molar refractivity (Wildman–Crippen MR) is 138 cm³/mol. The lowest BCUT2D eigenvalue weighted by Gasteiger charge is -2.21. The van der Waals surface area contributed by atoms with Crippen molar-refractivity contribution < 1.29 is 38.9 Å². The van der Waals surface area contributed by atoms with Crippen molar-refractivity contribution in [2.75, 3.05) is 5.06 Å². The van der Waals surface area contributed by atoms with Crippen molar-refractivity contribution in [3.05, 3.63) is 84.4 Å². The van der Waals surface area contributed by atoms with Gasteiger partial charge in [0, 0.05) is 30.5 Å². The molecule has 0 aliphatic carbocycles. The van der Waals surface area contributed by atoms with E-state index in [9.17, 15) is 34.3 Å². The van der Waals surface area contributed by atoms with E-state index in [2.05, 4.69) is 0 Å². The van der Waals surface area contributed by atoms with Gasteiger partial charge in [-0.05, 0) is 31.2 Å². The Labute approximate surface area is 223 Å². The van der Waals surface area contributed by atoms with E-state index in [0.717, 1.165) is 11.0 Å². The molecule has 10 heteroatoms. The maximum atomic E-state index is 12.1. The lowest BCUT2D eigenvalue weighted by molar-refractivity contribution is -0.617. The molecule has 1 fully saturated rings. The Kier molecular flexibility index (Phi) is 7.78. The lowest BCUT2D eigenvalue weighted by Crippen LogP contribution is -2.45. The molecule has 0 bridgehead atoms. The lowest BCUT2D eigenvalue weighted by atomic mass is 10.0. The number of nitrogens with zero attached hydrogens (tertiary/aromatic N) is 3. The second kappa shape index (κ2) is 11.2. The van der Waals surface area contributed by atoms with Crippen molar-refractivity contribution in [3.63, 3.8) is 0 Å². The fraction of sp³-hybridized carbons (Fsp3) is 0.172. The molecule has 0 radical (unpaired) electrons. The number of anilines is 1. The summed E-state index contributed by atoms with van der Waals surface area (Å²) in [5.74, 6) is -5.52. The zero-order chi connectivity index (χ0) is 28.3. The van der Waals surface area contributed by atoms with E-state index in [1.165, 1.54) is 19.1 Å². The number of aromatic nitrogens is 1. The fourth-order valence-electron chi connectivity index (χ4n) is 4.45. The minimum Gasteiger partial charge on any atom is -0.545 e. The van der Waals surface area contributed by atoms with E-state index < -0.39 is 35.5 Å². The summed E-state index contributed by atoms with van der Waals surface area (Å²) in [5.41, 5.74) is 2.23. The Morgan fingerprint density at radius 3 is 1.79 bits per heavy atom. The summed E-state index contributed by atoms with van der Waals surface area (Å²) in [6, 6.07) is 22.8. The second-order valence-electron chi connectivity index (χ2n) is 8.92. The Hall–Kier alpha value is -4.96. The zero-order valence-corrected chi connectivity index (χ0v) is 21.2. The number of pyridine rings is 1. The van der Waals surface area contributed by atoms with Crippen molar-refractivity contribution in [2.45, 2.75) is 19.8 Å². The van der Waals surface area contributed by atoms with Crippen molar-refractivity contribution in [2.24, 2.45) is 13.0 Å². The summed E-state index contributed by atoms with van der Waals surface area (Å²) in [6.45, 7) is 1.25. The fourth-order valence-corrected chi connectivity index (χ4v) is 4.45. The van der Waals surface area contributed by atoms with Gasteiger partial charge in [0.2, 0.25) is 28.8 Å². The Bertz CT molecular complexity index is 1540. The molecule has 0 spiro atoms. The molecule has 1 aromatic heterocycles. The molecule has 2 heterocycles. The molecule has 198 valence electrons. The maximum Gasteiger partial charge on any atom is 0.262 e. The number of carboxylic acids is 1. The topological polar surface area (TPSA) is 139 Å². The number of fused-ring (bicyclic) bond motifs is 2. The van der Waals surface area contributed by atoms with Crippen molar-refractivity contribution in [1.82, 2.24) is 4.90 Å². The Balaban J connectivity index is 0.000000183. The smallest absolute Gasteiger partial charge is 0.262 e. The van der Waals surface area contributed by atoms with Gasteiger partial charge in [0.15, 0.2) is 0 Å². The van der Waals surface area contributed by atoms with E-state index in [-0.39, 0.29) is 24.1 Å². The highest BCUT2D eigenvalue weighted by Gasteiger charge is 2.40. The molecular weight excluding hydrogens is 502 g/mol. The average molecular weight is 528 g/mol. The number of rotatable bonds is 4. The number of imide groups is 3. The van der Waals surface area contributed by atoms with E-state index in [0.29, 0.717) is 20.7 Å².